The van der Waals surface area contributed by atoms with Crippen molar-refractivity contribution in [2.24, 2.45) is 5.73 Å². The summed E-state index contributed by atoms with van der Waals surface area (Å²) >= 11 is 8.24. The standard InChI is InChI=1S/C14H11BrN2O3S/c15-7-4-5-10(9(6-7)13(16)21)17-14(20)8-2-1-3-11(18)12(8)19/h1-6,18-19H,(H2,16,21)(H,17,20). The second-order valence-electron chi connectivity index (χ2n) is 4.18. The highest BCUT2D eigenvalue weighted by molar-refractivity contribution is 9.10. The zero-order chi connectivity index (χ0) is 15.6. The van der Waals surface area contributed by atoms with E-state index in [2.05, 4.69) is 21.2 Å². The van der Waals surface area contributed by atoms with Gasteiger partial charge in [0.1, 0.15) is 4.99 Å². The van der Waals surface area contributed by atoms with Crippen molar-refractivity contribution in [1.82, 2.24) is 0 Å². The Hall–Kier alpha value is -2.12. The molecule has 0 saturated carbocycles. The number of thiocarbonyl (C=S) groups is 1. The Balaban J connectivity index is 2.36. The highest BCUT2D eigenvalue weighted by atomic mass is 79.9. The number of carbonyl (C=O) groups is 1. The minimum atomic E-state index is -0.580. The molecule has 21 heavy (non-hydrogen) atoms. The molecule has 2 aromatic carbocycles. The summed E-state index contributed by atoms with van der Waals surface area (Å²) in [6, 6.07) is 9.17. The predicted octanol–water partition coefficient (Wildman–Crippen LogP) is 2.75. The number of aromatic hydroxyl groups is 2. The fourth-order valence-corrected chi connectivity index (χ4v) is 2.26. The number of hydrogen-bond donors (Lipinski definition) is 4. The molecule has 0 atom stereocenters. The summed E-state index contributed by atoms with van der Waals surface area (Å²) in [5.74, 6) is -1.43. The Morgan fingerprint density at radius 2 is 1.90 bits per heavy atom. The fourth-order valence-electron chi connectivity index (χ4n) is 1.73. The molecular formula is C14H11BrN2O3S. The summed E-state index contributed by atoms with van der Waals surface area (Å²) < 4.78 is 0.767. The average molecular weight is 367 g/mol. The molecular weight excluding hydrogens is 356 g/mol. The van der Waals surface area contributed by atoms with Gasteiger partial charge in [0.15, 0.2) is 11.5 Å². The molecule has 2 aromatic rings. The number of carbonyl (C=O) groups excluding carboxylic acids is 1. The molecule has 0 aliphatic heterocycles. The monoisotopic (exact) mass is 366 g/mol. The van der Waals surface area contributed by atoms with Crippen LogP contribution in [0.1, 0.15) is 15.9 Å². The Kier molecular flexibility index (Phi) is 4.44. The lowest BCUT2D eigenvalue weighted by Gasteiger charge is -2.11. The van der Waals surface area contributed by atoms with Crippen molar-refractivity contribution in [3.63, 3.8) is 0 Å². The molecule has 0 bridgehead atoms. The third kappa shape index (κ3) is 3.32. The molecule has 0 aliphatic rings. The van der Waals surface area contributed by atoms with Gasteiger partial charge >= 0.3 is 0 Å². The number of nitrogens with one attached hydrogen (secondary N) is 1. The normalized spacial score (nSPS) is 10.1. The van der Waals surface area contributed by atoms with E-state index in [9.17, 15) is 15.0 Å². The van der Waals surface area contributed by atoms with Crippen LogP contribution in [0.5, 0.6) is 11.5 Å². The van der Waals surface area contributed by atoms with Crippen molar-refractivity contribution in [2.45, 2.75) is 0 Å². The lowest BCUT2D eigenvalue weighted by molar-refractivity contribution is 0.102. The molecule has 0 spiro atoms. The maximum Gasteiger partial charge on any atom is 0.259 e. The lowest BCUT2D eigenvalue weighted by Crippen LogP contribution is -2.17. The maximum atomic E-state index is 12.2. The van der Waals surface area contributed by atoms with Crippen LogP contribution in [0.25, 0.3) is 0 Å². The average Bonchev–Trinajstić information content (AvgIpc) is 2.43. The first kappa shape index (κ1) is 15.3. The Labute approximate surface area is 134 Å². The van der Waals surface area contributed by atoms with E-state index in [0.29, 0.717) is 11.3 Å². The molecule has 0 radical (unpaired) electrons. The smallest absolute Gasteiger partial charge is 0.259 e. The second-order valence-corrected chi connectivity index (χ2v) is 5.54. The summed E-state index contributed by atoms with van der Waals surface area (Å²) in [5, 5.41) is 21.7. The van der Waals surface area contributed by atoms with Gasteiger partial charge in [0.05, 0.1) is 11.3 Å². The molecule has 0 fully saturated rings. The van der Waals surface area contributed by atoms with Crippen LogP contribution >= 0.6 is 28.1 Å². The van der Waals surface area contributed by atoms with E-state index in [1.165, 1.54) is 18.2 Å². The molecule has 5 nitrogen and oxygen atoms in total. The zero-order valence-corrected chi connectivity index (χ0v) is 13.0. The van der Waals surface area contributed by atoms with Gasteiger partial charge in [0, 0.05) is 10.0 Å². The van der Waals surface area contributed by atoms with Crippen LogP contribution in [0.15, 0.2) is 40.9 Å². The highest BCUT2D eigenvalue weighted by Crippen LogP contribution is 2.29. The van der Waals surface area contributed by atoms with Crippen LogP contribution in [0.4, 0.5) is 5.69 Å². The quantitative estimate of drug-likeness (QED) is 0.494. The Bertz CT molecular complexity index is 734. The molecule has 108 valence electrons. The number of para-hydroxylation sites is 1. The molecule has 0 aliphatic carbocycles. The SMILES string of the molecule is NC(=S)c1cc(Br)ccc1NC(=O)c1cccc(O)c1O. The Morgan fingerprint density at radius 1 is 1.19 bits per heavy atom. The summed E-state index contributed by atoms with van der Waals surface area (Å²) in [6.45, 7) is 0. The van der Waals surface area contributed by atoms with Gasteiger partial charge in [-0.15, -0.1) is 0 Å². The molecule has 1 amide bonds. The minimum Gasteiger partial charge on any atom is -0.504 e. The largest absolute Gasteiger partial charge is 0.504 e. The molecule has 0 aromatic heterocycles. The highest BCUT2D eigenvalue weighted by Gasteiger charge is 2.16. The third-order valence-corrected chi connectivity index (χ3v) is 3.47. The van der Waals surface area contributed by atoms with Crippen LogP contribution in [-0.2, 0) is 0 Å². The van der Waals surface area contributed by atoms with E-state index >= 15 is 0 Å². The molecule has 7 heteroatoms. The molecule has 0 heterocycles. The number of benzene rings is 2. The van der Waals surface area contributed by atoms with Crippen molar-refractivity contribution in [1.29, 1.82) is 0 Å². The van der Waals surface area contributed by atoms with E-state index in [1.54, 1.807) is 18.2 Å². The van der Waals surface area contributed by atoms with Gasteiger partial charge in [-0.25, -0.2) is 0 Å². The van der Waals surface area contributed by atoms with Crippen LogP contribution < -0.4 is 11.1 Å². The van der Waals surface area contributed by atoms with Gasteiger partial charge in [0.25, 0.3) is 5.91 Å². The Morgan fingerprint density at radius 3 is 2.57 bits per heavy atom. The van der Waals surface area contributed by atoms with Crippen LogP contribution in [0, 0.1) is 0 Å². The van der Waals surface area contributed by atoms with Gasteiger partial charge in [0.2, 0.25) is 0 Å². The second kappa shape index (κ2) is 6.11. The fraction of sp³-hybridized carbons (Fsp3) is 0. The van der Waals surface area contributed by atoms with Crippen molar-refractivity contribution in [3.8, 4) is 11.5 Å². The first-order valence-electron chi connectivity index (χ1n) is 5.82. The van der Waals surface area contributed by atoms with Gasteiger partial charge in [-0.05, 0) is 30.3 Å². The van der Waals surface area contributed by atoms with E-state index in [1.807, 2.05) is 0 Å². The van der Waals surface area contributed by atoms with Crippen molar-refractivity contribution >= 4 is 44.7 Å². The number of amides is 1. The summed E-state index contributed by atoms with van der Waals surface area (Å²) in [4.78, 5) is 12.3. The lowest BCUT2D eigenvalue weighted by atomic mass is 10.1. The number of anilines is 1. The van der Waals surface area contributed by atoms with Crippen LogP contribution in [-0.4, -0.2) is 21.1 Å². The molecule has 0 unspecified atom stereocenters. The first-order chi connectivity index (χ1) is 9.90. The van der Waals surface area contributed by atoms with E-state index in [0.717, 1.165) is 4.47 Å². The summed E-state index contributed by atoms with van der Waals surface area (Å²) in [6.07, 6.45) is 0. The first-order valence-corrected chi connectivity index (χ1v) is 7.02. The molecule has 5 N–H and O–H groups in total. The summed E-state index contributed by atoms with van der Waals surface area (Å²) in [7, 11) is 0. The van der Waals surface area contributed by atoms with Crippen molar-refractivity contribution in [2.75, 3.05) is 5.32 Å². The number of hydrogen-bond acceptors (Lipinski definition) is 4. The topological polar surface area (TPSA) is 95.6 Å². The van der Waals surface area contributed by atoms with Gasteiger partial charge in [-0.1, -0.05) is 34.2 Å². The van der Waals surface area contributed by atoms with Gasteiger partial charge < -0.3 is 21.3 Å². The minimum absolute atomic E-state index is 0.0493. The third-order valence-electron chi connectivity index (χ3n) is 2.75. The number of phenols is 2. The maximum absolute atomic E-state index is 12.2. The number of phenolic OH excluding ortho intramolecular Hbond substituents is 2. The van der Waals surface area contributed by atoms with Crippen molar-refractivity contribution in [3.05, 3.63) is 52.0 Å². The van der Waals surface area contributed by atoms with Crippen molar-refractivity contribution < 1.29 is 15.0 Å². The van der Waals surface area contributed by atoms with Gasteiger partial charge in [-0.2, -0.15) is 0 Å². The van der Waals surface area contributed by atoms with E-state index in [-0.39, 0.29) is 16.3 Å². The molecule has 0 saturated heterocycles. The van der Waals surface area contributed by atoms with Gasteiger partial charge in [-0.3, -0.25) is 4.79 Å². The number of halogens is 1. The number of nitrogens with two attached hydrogens (primary N) is 1. The van der Waals surface area contributed by atoms with E-state index < -0.39 is 11.7 Å². The number of rotatable bonds is 3. The predicted molar refractivity (Wildman–Crippen MR) is 87.8 cm³/mol. The van der Waals surface area contributed by atoms with Crippen LogP contribution in [0.3, 0.4) is 0 Å². The molecule has 2 rings (SSSR count). The zero-order valence-electron chi connectivity index (χ0n) is 10.6. The van der Waals surface area contributed by atoms with E-state index in [4.69, 9.17) is 18.0 Å². The van der Waals surface area contributed by atoms with Crippen LogP contribution in [0.2, 0.25) is 0 Å². The summed E-state index contributed by atoms with van der Waals surface area (Å²) in [5.41, 5.74) is 6.48.